The third-order valence-corrected chi connectivity index (χ3v) is 5.40. The van der Waals surface area contributed by atoms with Gasteiger partial charge in [0.2, 0.25) is 5.91 Å². The Labute approximate surface area is 185 Å². The summed E-state index contributed by atoms with van der Waals surface area (Å²) in [6.45, 7) is 11.3. The van der Waals surface area contributed by atoms with Crippen molar-refractivity contribution in [2.45, 2.75) is 84.7 Å². The molecule has 0 radical (unpaired) electrons. The van der Waals surface area contributed by atoms with Crippen molar-refractivity contribution in [2.24, 2.45) is 11.8 Å². The molecule has 1 amide bonds. The summed E-state index contributed by atoms with van der Waals surface area (Å²) in [5.41, 5.74) is 0.291. The van der Waals surface area contributed by atoms with Crippen LogP contribution in [0.3, 0.4) is 0 Å². The largest absolute Gasteiger partial charge is 0.481 e. The summed E-state index contributed by atoms with van der Waals surface area (Å²) in [6.07, 6.45) is 0.760. The molecule has 0 saturated carbocycles. The minimum atomic E-state index is -0.965. The summed E-state index contributed by atoms with van der Waals surface area (Å²) in [5, 5.41) is 13.0. The van der Waals surface area contributed by atoms with Crippen molar-refractivity contribution in [3.05, 3.63) is 35.9 Å². The number of nitrogens with one attached hydrogen (secondary N) is 1. The van der Waals surface area contributed by atoms with E-state index in [-0.39, 0.29) is 18.2 Å². The third kappa shape index (κ3) is 7.06. The summed E-state index contributed by atoms with van der Waals surface area (Å²) >= 11 is 0. The molecule has 1 fully saturated rings. The van der Waals surface area contributed by atoms with Gasteiger partial charge >= 0.3 is 11.9 Å². The molecular weight excluding hydrogens is 396 g/mol. The smallest absolute Gasteiger partial charge is 0.323 e. The van der Waals surface area contributed by atoms with Crippen LogP contribution >= 0.6 is 0 Å². The quantitative estimate of drug-likeness (QED) is 0.613. The van der Waals surface area contributed by atoms with Crippen molar-refractivity contribution in [3.63, 3.8) is 0 Å². The Morgan fingerprint density at radius 3 is 2.29 bits per heavy atom. The maximum absolute atomic E-state index is 13.1. The minimum Gasteiger partial charge on any atom is -0.481 e. The number of hydrogen-bond acceptors (Lipinski definition) is 5. The molecule has 0 aromatic heterocycles. The number of aliphatic carboxylic acids is 1. The maximum Gasteiger partial charge on any atom is 0.323 e. The SMILES string of the molecule is CC(=O)N[C@@H](CC(C)C)[C@H]1[C@H](C(=O)O)C[C@H](C(=O)OC(C)(C)C)N1Cc1ccccc1. The number of esters is 1. The van der Waals surface area contributed by atoms with Gasteiger partial charge in [-0.2, -0.15) is 0 Å². The van der Waals surface area contributed by atoms with E-state index >= 15 is 0 Å². The number of benzene rings is 1. The van der Waals surface area contributed by atoms with E-state index in [1.54, 1.807) is 20.8 Å². The zero-order valence-corrected chi connectivity index (χ0v) is 19.4. The summed E-state index contributed by atoms with van der Waals surface area (Å²) < 4.78 is 5.65. The van der Waals surface area contributed by atoms with Gasteiger partial charge in [-0.05, 0) is 45.1 Å². The molecule has 172 valence electrons. The third-order valence-electron chi connectivity index (χ3n) is 5.40. The number of carboxylic acid groups (broad SMARTS) is 1. The van der Waals surface area contributed by atoms with Gasteiger partial charge in [-0.15, -0.1) is 0 Å². The Hall–Kier alpha value is -2.41. The Bertz CT molecular complexity index is 772. The molecule has 7 nitrogen and oxygen atoms in total. The summed E-state index contributed by atoms with van der Waals surface area (Å²) in [4.78, 5) is 39.2. The molecule has 1 aliphatic rings. The Morgan fingerprint density at radius 2 is 1.81 bits per heavy atom. The van der Waals surface area contributed by atoms with E-state index in [1.165, 1.54) is 6.92 Å². The molecule has 2 rings (SSSR count). The summed E-state index contributed by atoms with van der Waals surface area (Å²) in [6, 6.07) is 8.02. The molecule has 0 bridgehead atoms. The van der Waals surface area contributed by atoms with Crippen molar-refractivity contribution >= 4 is 17.8 Å². The summed E-state index contributed by atoms with van der Waals surface area (Å²) in [5.74, 6) is -2.16. The highest BCUT2D eigenvalue weighted by molar-refractivity contribution is 5.80. The van der Waals surface area contributed by atoms with Crippen molar-refractivity contribution < 1.29 is 24.2 Å². The first-order valence-electron chi connectivity index (χ1n) is 10.9. The summed E-state index contributed by atoms with van der Waals surface area (Å²) in [7, 11) is 0. The lowest BCUT2D eigenvalue weighted by Crippen LogP contribution is -2.54. The van der Waals surface area contributed by atoms with Gasteiger partial charge in [0.1, 0.15) is 11.6 Å². The van der Waals surface area contributed by atoms with Crippen LogP contribution < -0.4 is 5.32 Å². The molecule has 0 unspecified atom stereocenters. The van der Waals surface area contributed by atoms with E-state index in [0.717, 1.165) is 5.56 Å². The molecule has 1 aromatic rings. The molecule has 1 saturated heterocycles. The second-order valence-corrected chi connectivity index (χ2v) is 9.81. The first kappa shape index (κ1) is 24.9. The Morgan fingerprint density at radius 1 is 1.19 bits per heavy atom. The highest BCUT2D eigenvalue weighted by Gasteiger charge is 2.51. The predicted octanol–water partition coefficient (Wildman–Crippen LogP) is 3.22. The van der Waals surface area contributed by atoms with E-state index in [9.17, 15) is 19.5 Å². The van der Waals surface area contributed by atoms with Crippen LogP contribution in [-0.2, 0) is 25.7 Å². The van der Waals surface area contributed by atoms with Crippen LogP contribution in [0.2, 0.25) is 0 Å². The average Bonchev–Trinajstić information content (AvgIpc) is 2.99. The maximum atomic E-state index is 13.1. The van der Waals surface area contributed by atoms with E-state index in [4.69, 9.17) is 4.74 Å². The van der Waals surface area contributed by atoms with Gasteiger partial charge in [0, 0.05) is 25.6 Å². The molecule has 7 heteroatoms. The van der Waals surface area contributed by atoms with E-state index in [1.807, 2.05) is 49.1 Å². The average molecular weight is 433 g/mol. The topological polar surface area (TPSA) is 95.9 Å². The van der Waals surface area contributed by atoms with Crippen LogP contribution in [0.4, 0.5) is 0 Å². The second kappa shape index (κ2) is 10.3. The molecular formula is C24H36N2O5. The first-order chi connectivity index (χ1) is 14.4. The Balaban J connectivity index is 2.49. The number of amides is 1. The van der Waals surface area contributed by atoms with E-state index in [0.29, 0.717) is 13.0 Å². The number of nitrogens with zero attached hydrogens (tertiary/aromatic N) is 1. The van der Waals surface area contributed by atoms with Crippen LogP contribution in [0, 0.1) is 11.8 Å². The van der Waals surface area contributed by atoms with Crippen LogP contribution in [0.15, 0.2) is 30.3 Å². The number of hydrogen-bond donors (Lipinski definition) is 2. The van der Waals surface area contributed by atoms with E-state index < -0.39 is 41.6 Å². The number of ether oxygens (including phenoxy) is 1. The highest BCUT2D eigenvalue weighted by Crippen LogP contribution is 2.36. The highest BCUT2D eigenvalue weighted by atomic mass is 16.6. The zero-order valence-electron chi connectivity index (χ0n) is 19.4. The number of likely N-dealkylation sites (tertiary alicyclic amines) is 1. The number of carbonyl (C=O) groups excluding carboxylic acids is 2. The lowest BCUT2D eigenvalue weighted by Gasteiger charge is -2.37. The van der Waals surface area contributed by atoms with Gasteiger partial charge in [-0.25, -0.2) is 0 Å². The van der Waals surface area contributed by atoms with Gasteiger partial charge < -0.3 is 15.2 Å². The Kier molecular flexibility index (Phi) is 8.23. The van der Waals surface area contributed by atoms with Gasteiger partial charge in [-0.1, -0.05) is 44.2 Å². The van der Waals surface area contributed by atoms with Gasteiger partial charge in [-0.3, -0.25) is 19.3 Å². The lowest BCUT2D eigenvalue weighted by atomic mass is 9.88. The van der Waals surface area contributed by atoms with Gasteiger partial charge in [0.15, 0.2) is 0 Å². The van der Waals surface area contributed by atoms with Crippen molar-refractivity contribution in [1.82, 2.24) is 10.2 Å². The molecule has 1 aliphatic heterocycles. The van der Waals surface area contributed by atoms with Crippen LogP contribution in [0.25, 0.3) is 0 Å². The fraction of sp³-hybridized carbons (Fsp3) is 0.625. The predicted molar refractivity (Wildman–Crippen MR) is 118 cm³/mol. The molecule has 4 atom stereocenters. The molecule has 2 N–H and O–H groups in total. The van der Waals surface area contributed by atoms with Crippen LogP contribution in [0.1, 0.15) is 59.9 Å². The lowest BCUT2D eigenvalue weighted by molar-refractivity contribution is -0.161. The number of rotatable bonds is 8. The van der Waals surface area contributed by atoms with E-state index in [2.05, 4.69) is 5.32 Å². The number of carbonyl (C=O) groups is 3. The second-order valence-electron chi connectivity index (χ2n) is 9.81. The van der Waals surface area contributed by atoms with Crippen molar-refractivity contribution in [1.29, 1.82) is 0 Å². The molecule has 1 heterocycles. The molecule has 0 spiro atoms. The van der Waals surface area contributed by atoms with Crippen molar-refractivity contribution in [3.8, 4) is 0 Å². The van der Waals surface area contributed by atoms with Crippen molar-refractivity contribution in [2.75, 3.05) is 0 Å². The van der Waals surface area contributed by atoms with Crippen LogP contribution in [-0.4, -0.2) is 51.6 Å². The van der Waals surface area contributed by atoms with Gasteiger partial charge in [0.05, 0.1) is 5.92 Å². The fourth-order valence-corrected chi connectivity index (χ4v) is 4.38. The zero-order chi connectivity index (χ0) is 23.3. The van der Waals surface area contributed by atoms with Crippen LogP contribution in [0.5, 0.6) is 0 Å². The number of carboxylic acids is 1. The van der Waals surface area contributed by atoms with Gasteiger partial charge in [0.25, 0.3) is 0 Å². The standard InChI is InChI=1S/C24H36N2O5/c1-15(2)12-19(25-16(3)27)21-18(22(28)29)13-20(23(30)31-24(4,5)6)26(21)14-17-10-8-7-9-11-17/h7-11,15,18-21H,12-14H2,1-6H3,(H,25,27)(H,28,29)/t18-,19+,20-,21-/m1/s1. The minimum absolute atomic E-state index is 0.149. The molecule has 1 aromatic carbocycles. The fourth-order valence-electron chi connectivity index (χ4n) is 4.38. The molecule has 31 heavy (non-hydrogen) atoms. The first-order valence-corrected chi connectivity index (χ1v) is 10.9. The normalized spacial score (nSPS) is 22.9. The molecule has 0 aliphatic carbocycles. The monoisotopic (exact) mass is 432 g/mol.